The lowest BCUT2D eigenvalue weighted by Crippen LogP contribution is -2.23. The molecule has 2 N–H and O–H groups in total. The van der Waals surface area contributed by atoms with Crippen LogP contribution in [0.3, 0.4) is 0 Å². The molecule has 0 spiro atoms. The third kappa shape index (κ3) is 4.12. The summed E-state index contributed by atoms with van der Waals surface area (Å²) in [5.41, 5.74) is 0.852. The number of hydrogen-bond acceptors (Lipinski definition) is 4. The molecule has 0 fully saturated rings. The maximum absolute atomic E-state index is 10.1. The molecule has 1 atom stereocenters. The Bertz CT molecular complexity index is 482. The first kappa shape index (κ1) is 13.6. The maximum Gasteiger partial charge on any atom is 0.119 e. The number of furan rings is 1. The van der Waals surface area contributed by atoms with Gasteiger partial charge in [-0.1, -0.05) is 12.1 Å². The van der Waals surface area contributed by atoms with E-state index in [2.05, 4.69) is 5.32 Å². The highest BCUT2D eigenvalue weighted by Gasteiger charge is 2.07. The van der Waals surface area contributed by atoms with Gasteiger partial charge in [0.05, 0.1) is 19.5 Å². The Labute approximate surface area is 113 Å². The summed E-state index contributed by atoms with van der Waals surface area (Å²) >= 11 is 0. The van der Waals surface area contributed by atoms with Gasteiger partial charge in [0.15, 0.2) is 0 Å². The van der Waals surface area contributed by atoms with E-state index in [1.165, 1.54) is 0 Å². The minimum atomic E-state index is -0.535. The summed E-state index contributed by atoms with van der Waals surface area (Å²) in [5, 5.41) is 13.3. The van der Waals surface area contributed by atoms with E-state index in [0.717, 1.165) is 30.0 Å². The van der Waals surface area contributed by atoms with Crippen molar-refractivity contribution in [1.82, 2.24) is 5.32 Å². The number of methoxy groups -OCH3 is 1. The van der Waals surface area contributed by atoms with E-state index in [0.29, 0.717) is 6.54 Å². The zero-order valence-corrected chi connectivity index (χ0v) is 11.0. The monoisotopic (exact) mass is 261 g/mol. The molecule has 0 amide bonds. The predicted molar refractivity (Wildman–Crippen MR) is 73.2 cm³/mol. The van der Waals surface area contributed by atoms with Gasteiger partial charge in [-0.2, -0.15) is 0 Å². The van der Waals surface area contributed by atoms with Crippen LogP contribution >= 0.6 is 0 Å². The lowest BCUT2D eigenvalue weighted by molar-refractivity contribution is 0.174. The van der Waals surface area contributed by atoms with Crippen LogP contribution in [0.1, 0.15) is 17.4 Å². The van der Waals surface area contributed by atoms with Crippen molar-refractivity contribution in [3.63, 3.8) is 0 Å². The average molecular weight is 261 g/mol. The van der Waals surface area contributed by atoms with Crippen LogP contribution in [0.15, 0.2) is 47.1 Å². The minimum Gasteiger partial charge on any atom is -0.497 e. The van der Waals surface area contributed by atoms with E-state index >= 15 is 0 Å². The number of rotatable bonds is 7. The first-order valence-corrected chi connectivity index (χ1v) is 6.34. The summed E-state index contributed by atoms with van der Waals surface area (Å²) in [6.45, 7) is 1.28. The molecule has 4 heteroatoms. The van der Waals surface area contributed by atoms with Crippen LogP contribution in [-0.2, 0) is 6.42 Å². The van der Waals surface area contributed by atoms with Gasteiger partial charge in [-0.25, -0.2) is 0 Å². The van der Waals surface area contributed by atoms with Crippen molar-refractivity contribution in [2.45, 2.75) is 12.5 Å². The normalized spacial score (nSPS) is 12.3. The lowest BCUT2D eigenvalue weighted by atomic mass is 10.1. The van der Waals surface area contributed by atoms with Crippen LogP contribution in [0.5, 0.6) is 5.75 Å². The Morgan fingerprint density at radius 1 is 1.32 bits per heavy atom. The van der Waals surface area contributed by atoms with Gasteiger partial charge in [-0.15, -0.1) is 0 Å². The van der Waals surface area contributed by atoms with E-state index in [-0.39, 0.29) is 0 Å². The van der Waals surface area contributed by atoms with Crippen molar-refractivity contribution in [1.29, 1.82) is 0 Å². The topological polar surface area (TPSA) is 54.6 Å². The Kier molecular flexibility index (Phi) is 5.01. The molecule has 1 aromatic heterocycles. The first-order valence-electron chi connectivity index (χ1n) is 6.34. The summed E-state index contributed by atoms with van der Waals surface area (Å²) in [5.74, 6) is 1.70. The average Bonchev–Trinajstić information content (AvgIpc) is 2.96. The van der Waals surface area contributed by atoms with E-state index in [4.69, 9.17) is 9.15 Å². The van der Waals surface area contributed by atoms with Crippen LogP contribution in [0.2, 0.25) is 0 Å². The summed E-state index contributed by atoms with van der Waals surface area (Å²) < 4.78 is 10.4. The smallest absolute Gasteiger partial charge is 0.119 e. The van der Waals surface area contributed by atoms with Gasteiger partial charge in [0.1, 0.15) is 11.5 Å². The van der Waals surface area contributed by atoms with Gasteiger partial charge < -0.3 is 19.6 Å². The van der Waals surface area contributed by atoms with Crippen molar-refractivity contribution in [3.8, 4) is 5.75 Å². The quantitative estimate of drug-likeness (QED) is 0.750. The fraction of sp³-hybridized carbons (Fsp3) is 0.333. The standard InChI is InChI=1S/C15H19NO3/c1-18-14-5-2-4-12(10-14)15(17)11-16-8-7-13-6-3-9-19-13/h2-6,9-10,15-17H,7-8,11H2,1H3. The third-order valence-corrected chi connectivity index (χ3v) is 2.94. The first-order chi connectivity index (χ1) is 9.29. The zero-order chi connectivity index (χ0) is 13.5. The molecule has 2 aromatic rings. The molecule has 0 saturated carbocycles. The van der Waals surface area contributed by atoms with Crippen LogP contribution in [-0.4, -0.2) is 25.3 Å². The molecule has 1 unspecified atom stereocenters. The number of benzene rings is 1. The van der Waals surface area contributed by atoms with Crippen molar-refractivity contribution >= 4 is 0 Å². The molecule has 0 aliphatic carbocycles. The summed E-state index contributed by atoms with van der Waals surface area (Å²) in [4.78, 5) is 0. The number of nitrogens with one attached hydrogen (secondary N) is 1. The second-order valence-electron chi connectivity index (χ2n) is 4.33. The molecule has 0 saturated heterocycles. The molecule has 4 nitrogen and oxygen atoms in total. The highest BCUT2D eigenvalue weighted by atomic mass is 16.5. The van der Waals surface area contributed by atoms with E-state index in [1.807, 2.05) is 36.4 Å². The fourth-order valence-electron chi connectivity index (χ4n) is 1.87. The molecule has 1 heterocycles. The van der Waals surface area contributed by atoms with Crippen LogP contribution in [0, 0.1) is 0 Å². The van der Waals surface area contributed by atoms with Gasteiger partial charge >= 0.3 is 0 Å². The Morgan fingerprint density at radius 3 is 2.95 bits per heavy atom. The molecule has 1 aromatic carbocycles. The second-order valence-corrected chi connectivity index (χ2v) is 4.33. The Morgan fingerprint density at radius 2 is 2.21 bits per heavy atom. The van der Waals surface area contributed by atoms with E-state index in [9.17, 15) is 5.11 Å². The lowest BCUT2D eigenvalue weighted by Gasteiger charge is -2.12. The van der Waals surface area contributed by atoms with Gasteiger partial charge in [0.2, 0.25) is 0 Å². The van der Waals surface area contributed by atoms with Crippen LogP contribution in [0.4, 0.5) is 0 Å². The van der Waals surface area contributed by atoms with Gasteiger partial charge in [-0.05, 0) is 29.8 Å². The predicted octanol–water partition coefficient (Wildman–Crippen LogP) is 2.15. The molecule has 2 rings (SSSR count). The van der Waals surface area contributed by atoms with Gasteiger partial charge in [-0.3, -0.25) is 0 Å². The molecule has 0 aliphatic rings. The Balaban J connectivity index is 1.75. The number of aliphatic hydroxyl groups is 1. The van der Waals surface area contributed by atoms with Crippen molar-refractivity contribution in [2.75, 3.05) is 20.2 Å². The number of hydrogen-bond donors (Lipinski definition) is 2. The number of aliphatic hydroxyl groups excluding tert-OH is 1. The van der Waals surface area contributed by atoms with Gasteiger partial charge in [0.25, 0.3) is 0 Å². The third-order valence-electron chi connectivity index (χ3n) is 2.94. The van der Waals surface area contributed by atoms with Gasteiger partial charge in [0, 0.05) is 19.5 Å². The fourth-order valence-corrected chi connectivity index (χ4v) is 1.87. The summed E-state index contributed by atoms with van der Waals surface area (Å²) in [6.07, 6.45) is 1.95. The highest BCUT2D eigenvalue weighted by molar-refractivity contribution is 5.29. The molecule has 19 heavy (non-hydrogen) atoms. The van der Waals surface area contributed by atoms with Crippen molar-refractivity contribution in [2.24, 2.45) is 0 Å². The highest BCUT2D eigenvalue weighted by Crippen LogP contribution is 2.18. The minimum absolute atomic E-state index is 0.508. The SMILES string of the molecule is COc1cccc(C(O)CNCCc2ccco2)c1. The van der Waals surface area contributed by atoms with Crippen molar-refractivity contribution < 1.29 is 14.3 Å². The Hall–Kier alpha value is -1.78. The zero-order valence-electron chi connectivity index (χ0n) is 11.0. The van der Waals surface area contributed by atoms with Crippen LogP contribution in [0.25, 0.3) is 0 Å². The van der Waals surface area contributed by atoms with E-state index in [1.54, 1.807) is 13.4 Å². The summed E-state index contributed by atoms with van der Waals surface area (Å²) in [7, 11) is 1.62. The molecule has 0 bridgehead atoms. The molecule has 0 radical (unpaired) electrons. The second kappa shape index (κ2) is 6.97. The molecule has 0 aliphatic heterocycles. The number of ether oxygens (including phenoxy) is 1. The maximum atomic E-state index is 10.1. The van der Waals surface area contributed by atoms with Crippen molar-refractivity contribution in [3.05, 3.63) is 54.0 Å². The molecular formula is C15H19NO3. The molecular weight excluding hydrogens is 242 g/mol. The van der Waals surface area contributed by atoms with Crippen LogP contribution < -0.4 is 10.1 Å². The summed E-state index contributed by atoms with van der Waals surface area (Å²) in [6, 6.07) is 11.3. The molecule has 102 valence electrons. The largest absolute Gasteiger partial charge is 0.497 e. The van der Waals surface area contributed by atoms with E-state index < -0.39 is 6.10 Å².